The third-order valence-corrected chi connectivity index (χ3v) is 3.79. The molecule has 3 N–H and O–H groups in total. The number of nitrogens with zero attached hydrogens (tertiary/aromatic N) is 3. The van der Waals surface area contributed by atoms with Gasteiger partial charge in [-0.25, -0.2) is 9.38 Å². The first-order valence-electron chi connectivity index (χ1n) is 7.33. The number of halogens is 1. The standard InChI is InChI=1S/C15H23FN4O/c1-2-13(11-21)18-15(17)20-9-7-19(8-10-20)14-5-3-12(16)4-6-14/h3-6,13,21H,2,7-11H2,1H3,(H2,17,18)/t13-/m1/s1. The monoisotopic (exact) mass is 294 g/mol. The summed E-state index contributed by atoms with van der Waals surface area (Å²) in [6.07, 6.45) is 0.771. The maximum atomic E-state index is 12.9. The van der Waals surface area contributed by atoms with E-state index in [9.17, 15) is 4.39 Å². The zero-order chi connectivity index (χ0) is 15.2. The molecule has 0 radical (unpaired) electrons. The Bertz CT molecular complexity index is 465. The first kappa shape index (κ1) is 15.6. The molecule has 0 aliphatic carbocycles. The van der Waals surface area contributed by atoms with Crippen molar-refractivity contribution >= 4 is 11.6 Å². The molecule has 0 saturated carbocycles. The van der Waals surface area contributed by atoms with Crippen molar-refractivity contribution in [2.24, 2.45) is 10.7 Å². The first-order valence-corrected chi connectivity index (χ1v) is 7.33. The van der Waals surface area contributed by atoms with Crippen molar-refractivity contribution < 1.29 is 9.50 Å². The van der Waals surface area contributed by atoms with Gasteiger partial charge >= 0.3 is 0 Å². The van der Waals surface area contributed by atoms with E-state index in [-0.39, 0.29) is 18.5 Å². The van der Waals surface area contributed by atoms with Crippen LogP contribution in [0.1, 0.15) is 13.3 Å². The van der Waals surface area contributed by atoms with Crippen LogP contribution < -0.4 is 10.6 Å². The molecular formula is C15H23FN4O. The molecule has 0 aromatic heterocycles. The Kier molecular flexibility index (Phi) is 5.38. The van der Waals surface area contributed by atoms with Gasteiger partial charge in [0.1, 0.15) is 5.82 Å². The van der Waals surface area contributed by atoms with Crippen LogP contribution in [0.2, 0.25) is 0 Å². The van der Waals surface area contributed by atoms with Crippen LogP contribution in [0, 0.1) is 5.82 Å². The van der Waals surface area contributed by atoms with E-state index in [2.05, 4.69) is 9.89 Å². The highest BCUT2D eigenvalue weighted by Gasteiger charge is 2.19. The van der Waals surface area contributed by atoms with Gasteiger partial charge in [0, 0.05) is 31.9 Å². The van der Waals surface area contributed by atoms with Crippen LogP contribution in [0.3, 0.4) is 0 Å². The largest absolute Gasteiger partial charge is 0.394 e. The van der Waals surface area contributed by atoms with Gasteiger partial charge < -0.3 is 20.6 Å². The number of rotatable bonds is 4. The Morgan fingerprint density at radius 1 is 1.29 bits per heavy atom. The molecular weight excluding hydrogens is 271 g/mol. The van der Waals surface area contributed by atoms with Crippen molar-refractivity contribution in [2.45, 2.75) is 19.4 Å². The zero-order valence-corrected chi connectivity index (χ0v) is 12.4. The average Bonchev–Trinajstić information content (AvgIpc) is 2.53. The number of aliphatic hydroxyl groups excluding tert-OH is 1. The molecule has 1 aliphatic rings. The smallest absolute Gasteiger partial charge is 0.191 e. The number of hydrogen-bond donors (Lipinski definition) is 2. The van der Waals surface area contributed by atoms with E-state index in [0.717, 1.165) is 38.3 Å². The second kappa shape index (κ2) is 7.26. The van der Waals surface area contributed by atoms with Gasteiger partial charge in [-0.2, -0.15) is 0 Å². The molecule has 1 fully saturated rings. The molecule has 0 amide bonds. The Morgan fingerprint density at radius 2 is 1.90 bits per heavy atom. The molecule has 21 heavy (non-hydrogen) atoms. The second-order valence-corrected chi connectivity index (χ2v) is 5.18. The van der Waals surface area contributed by atoms with E-state index in [0.29, 0.717) is 5.96 Å². The van der Waals surface area contributed by atoms with Crippen molar-refractivity contribution in [3.63, 3.8) is 0 Å². The fourth-order valence-corrected chi connectivity index (χ4v) is 2.38. The van der Waals surface area contributed by atoms with Crippen molar-refractivity contribution in [1.82, 2.24) is 4.90 Å². The summed E-state index contributed by atoms with van der Waals surface area (Å²) in [7, 11) is 0. The molecule has 0 bridgehead atoms. The minimum atomic E-state index is -0.219. The summed E-state index contributed by atoms with van der Waals surface area (Å²) in [4.78, 5) is 8.58. The number of benzene rings is 1. The molecule has 5 nitrogen and oxygen atoms in total. The van der Waals surface area contributed by atoms with E-state index in [1.54, 1.807) is 12.1 Å². The van der Waals surface area contributed by atoms with Crippen molar-refractivity contribution in [1.29, 1.82) is 0 Å². The number of aliphatic imine (C=N–C) groups is 1. The number of anilines is 1. The Hall–Kier alpha value is -1.82. The van der Waals surface area contributed by atoms with E-state index in [4.69, 9.17) is 10.8 Å². The predicted octanol–water partition coefficient (Wildman–Crippen LogP) is 1.03. The van der Waals surface area contributed by atoms with Crippen LogP contribution in [-0.2, 0) is 0 Å². The van der Waals surface area contributed by atoms with E-state index in [1.165, 1.54) is 12.1 Å². The van der Waals surface area contributed by atoms with Gasteiger partial charge in [0.2, 0.25) is 0 Å². The van der Waals surface area contributed by atoms with Crippen LogP contribution >= 0.6 is 0 Å². The third-order valence-electron chi connectivity index (χ3n) is 3.79. The molecule has 1 saturated heterocycles. The molecule has 2 rings (SSSR count). The Balaban J connectivity index is 1.92. The van der Waals surface area contributed by atoms with Gasteiger partial charge in [-0.05, 0) is 30.7 Å². The fourth-order valence-electron chi connectivity index (χ4n) is 2.38. The van der Waals surface area contributed by atoms with Crippen LogP contribution in [0.5, 0.6) is 0 Å². The summed E-state index contributed by atoms with van der Waals surface area (Å²) in [5, 5.41) is 9.17. The van der Waals surface area contributed by atoms with Crippen LogP contribution in [0.4, 0.5) is 10.1 Å². The third kappa shape index (κ3) is 4.07. The van der Waals surface area contributed by atoms with Crippen molar-refractivity contribution in [3.8, 4) is 0 Å². The minimum Gasteiger partial charge on any atom is -0.394 e. The highest BCUT2D eigenvalue weighted by molar-refractivity contribution is 5.78. The van der Waals surface area contributed by atoms with Gasteiger partial charge in [0.05, 0.1) is 12.6 Å². The summed E-state index contributed by atoms with van der Waals surface area (Å²) in [5.74, 6) is 0.276. The average molecular weight is 294 g/mol. The number of hydrogen-bond acceptors (Lipinski definition) is 3. The number of aliphatic hydroxyl groups is 1. The molecule has 1 heterocycles. The lowest BCUT2D eigenvalue weighted by Crippen LogP contribution is -2.51. The van der Waals surface area contributed by atoms with Crippen LogP contribution in [0.25, 0.3) is 0 Å². The van der Waals surface area contributed by atoms with Crippen molar-refractivity contribution in [3.05, 3.63) is 30.1 Å². The number of guanidine groups is 1. The minimum absolute atomic E-state index is 0.0206. The number of nitrogens with two attached hydrogens (primary N) is 1. The molecule has 1 atom stereocenters. The quantitative estimate of drug-likeness (QED) is 0.643. The summed E-state index contributed by atoms with van der Waals surface area (Å²) in [6.45, 7) is 5.18. The lowest BCUT2D eigenvalue weighted by molar-refractivity contribution is 0.262. The Labute approximate surface area is 124 Å². The van der Waals surface area contributed by atoms with Gasteiger partial charge in [-0.3, -0.25) is 0 Å². The SMILES string of the molecule is CC[C@H](CO)N=C(N)N1CCN(c2ccc(F)cc2)CC1. The predicted molar refractivity (Wildman–Crippen MR) is 83.0 cm³/mol. The van der Waals surface area contributed by atoms with Gasteiger partial charge in [-0.1, -0.05) is 6.92 Å². The normalized spacial score (nSPS) is 18.0. The van der Waals surface area contributed by atoms with E-state index < -0.39 is 0 Å². The molecule has 1 aliphatic heterocycles. The van der Waals surface area contributed by atoms with E-state index in [1.807, 2.05) is 11.8 Å². The summed E-state index contributed by atoms with van der Waals surface area (Å²) in [6, 6.07) is 6.41. The fraction of sp³-hybridized carbons (Fsp3) is 0.533. The topological polar surface area (TPSA) is 65.1 Å². The molecule has 6 heteroatoms. The van der Waals surface area contributed by atoms with Crippen molar-refractivity contribution in [2.75, 3.05) is 37.7 Å². The molecule has 1 aromatic rings. The highest BCUT2D eigenvalue weighted by Crippen LogP contribution is 2.16. The van der Waals surface area contributed by atoms with Gasteiger partial charge in [-0.15, -0.1) is 0 Å². The Morgan fingerprint density at radius 3 is 2.43 bits per heavy atom. The number of piperazine rings is 1. The summed E-state index contributed by atoms with van der Waals surface area (Å²) < 4.78 is 12.9. The van der Waals surface area contributed by atoms with Gasteiger partial charge in [0.15, 0.2) is 5.96 Å². The van der Waals surface area contributed by atoms with Crippen LogP contribution in [-0.4, -0.2) is 54.8 Å². The summed E-state index contributed by atoms with van der Waals surface area (Å²) >= 11 is 0. The highest BCUT2D eigenvalue weighted by atomic mass is 19.1. The van der Waals surface area contributed by atoms with Crippen LogP contribution in [0.15, 0.2) is 29.3 Å². The lowest BCUT2D eigenvalue weighted by Gasteiger charge is -2.36. The second-order valence-electron chi connectivity index (χ2n) is 5.18. The lowest BCUT2D eigenvalue weighted by atomic mass is 10.2. The molecule has 0 unspecified atom stereocenters. The molecule has 116 valence electrons. The first-order chi connectivity index (χ1) is 10.1. The molecule has 1 aromatic carbocycles. The van der Waals surface area contributed by atoms with E-state index >= 15 is 0 Å². The zero-order valence-electron chi connectivity index (χ0n) is 12.4. The summed E-state index contributed by atoms with van der Waals surface area (Å²) in [5.41, 5.74) is 7.02. The van der Waals surface area contributed by atoms with Gasteiger partial charge in [0.25, 0.3) is 0 Å². The maximum Gasteiger partial charge on any atom is 0.191 e. The maximum absolute atomic E-state index is 12.9. The molecule has 0 spiro atoms.